The Morgan fingerprint density at radius 2 is 2.40 bits per heavy atom. The van der Waals surface area contributed by atoms with Crippen molar-refractivity contribution in [3.8, 4) is 0 Å². The van der Waals surface area contributed by atoms with Crippen molar-refractivity contribution in [1.82, 2.24) is 19.9 Å². The third-order valence-electron chi connectivity index (χ3n) is 1.78. The summed E-state index contributed by atoms with van der Waals surface area (Å²) in [5.41, 5.74) is 2.10. The lowest BCUT2D eigenvalue weighted by molar-refractivity contribution is 0.318. The van der Waals surface area contributed by atoms with Crippen molar-refractivity contribution in [2.75, 3.05) is 5.75 Å². The van der Waals surface area contributed by atoms with Gasteiger partial charge in [0.25, 0.3) is 0 Å². The summed E-state index contributed by atoms with van der Waals surface area (Å²) in [4.78, 5) is 15.1. The summed E-state index contributed by atoms with van der Waals surface area (Å²) in [5, 5.41) is 12.4. The molecule has 0 unspecified atom stereocenters. The molecule has 6 nitrogen and oxygen atoms in total. The maximum Gasteiger partial charge on any atom is 0.181 e. The number of thioether (sulfide) groups is 1. The van der Waals surface area contributed by atoms with Crippen LogP contribution in [-0.2, 0) is 0 Å². The number of aromatic nitrogens is 4. The van der Waals surface area contributed by atoms with Gasteiger partial charge in [-0.3, -0.25) is 0 Å². The quantitative estimate of drug-likeness (QED) is 0.269. The van der Waals surface area contributed by atoms with Gasteiger partial charge in [0, 0.05) is 5.75 Å². The number of hydrogen-bond acceptors (Lipinski definition) is 6. The number of oxime groups is 1. The number of nitrogens with zero attached hydrogens (tertiary/aromatic N) is 4. The van der Waals surface area contributed by atoms with E-state index in [4.69, 9.17) is 5.21 Å². The Bertz CT molecular complexity index is 494. The highest BCUT2D eigenvalue weighted by atomic mass is 32.2. The van der Waals surface area contributed by atoms with E-state index in [1.165, 1.54) is 18.1 Å². The Kier molecular flexibility index (Phi) is 2.82. The van der Waals surface area contributed by atoms with Crippen molar-refractivity contribution in [2.24, 2.45) is 5.16 Å². The SMILES string of the molecule is C/C(CSc1ncnc2nc[nH]c12)=N\O. The molecule has 2 aromatic rings. The first kappa shape index (κ1) is 9.91. The second-order valence-corrected chi connectivity index (χ2v) is 3.87. The zero-order valence-electron chi connectivity index (χ0n) is 8.01. The highest BCUT2D eigenvalue weighted by Gasteiger charge is 2.06. The van der Waals surface area contributed by atoms with Crippen LogP contribution in [0.15, 0.2) is 22.8 Å². The van der Waals surface area contributed by atoms with E-state index in [1.807, 2.05) is 0 Å². The first-order chi connectivity index (χ1) is 7.31. The number of imidazole rings is 1. The maximum absolute atomic E-state index is 8.51. The first-order valence-electron chi connectivity index (χ1n) is 4.25. The summed E-state index contributed by atoms with van der Waals surface area (Å²) in [6.07, 6.45) is 3.05. The van der Waals surface area contributed by atoms with Crippen LogP contribution in [0.3, 0.4) is 0 Å². The van der Waals surface area contributed by atoms with E-state index in [1.54, 1.807) is 13.3 Å². The lowest BCUT2D eigenvalue weighted by atomic mass is 10.5. The fourth-order valence-corrected chi connectivity index (χ4v) is 1.87. The molecule has 2 rings (SSSR count). The van der Waals surface area contributed by atoms with Gasteiger partial charge in [0.1, 0.15) is 16.9 Å². The second kappa shape index (κ2) is 4.26. The number of hydrogen-bond donors (Lipinski definition) is 2. The van der Waals surface area contributed by atoms with Crippen molar-refractivity contribution in [3.63, 3.8) is 0 Å². The van der Waals surface area contributed by atoms with E-state index in [-0.39, 0.29) is 0 Å². The number of H-pyrrole nitrogens is 1. The molecule has 0 saturated carbocycles. The van der Waals surface area contributed by atoms with Gasteiger partial charge in [0.15, 0.2) is 5.65 Å². The Morgan fingerprint density at radius 3 is 3.20 bits per heavy atom. The molecule has 0 fully saturated rings. The van der Waals surface area contributed by atoms with Crippen molar-refractivity contribution >= 4 is 28.6 Å². The average Bonchev–Trinajstić information content (AvgIpc) is 2.74. The fourth-order valence-electron chi connectivity index (χ4n) is 1.05. The predicted molar refractivity (Wildman–Crippen MR) is 57.3 cm³/mol. The minimum atomic E-state index is 0.585. The molecular formula is C8H9N5OS. The van der Waals surface area contributed by atoms with Gasteiger partial charge < -0.3 is 10.2 Å². The Labute approximate surface area is 89.8 Å². The van der Waals surface area contributed by atoms with Crippen molar-refractivity contribution in [3.05, 3.63) is 12.7 Å². The summed E-state index contributed by atoms with van der Waals surface area (Å²) in [7, 11) is 0. The van der Waals surface area contributed by atoms with Crippen LogP contribution in [0.4, 0.5) is 0 Å². The number of nitrogens with one attached hydrogen (secondary N) is 1. The Hall–Kier alpha value is -1.63. The monoisotopic (exact) mass is 223 g/mol. The van der Waals surface area contributed by atoms with Crippen molar-refractivity contribution < 1.29 is 5.21 Å². The molecule has 0 spiro atoms. The third-order valence-corrected chi connectivity index (χ3v) is 2.92. The molecule has 0 aromatic carbocycles. The van der Waals surface area contributed by atoms with Crippen LogP contribution in [-0.4, -0.2) is 36.6 Å². The number of aromatic amines is 1. The van der Waals surface area contributed by atoms with Crippen molar-refractivity contribution in [2.45, 2.75) is 11.9 Å². The highest BCUT2D eigenvalue weighted by Crippen LogP contribution is 2.21. The van der Waals surface area contributed by atoms with E-state index >= 15 is 0 Å². The molecule has 0 aliphatic rings. The molecular weight excluding hydrogens is 214 g/mol. The van der Waals surface area contributed by atoms with Gasteiger partial charge in [-0.1, -0.05) is 16.9 Å². The van der Waals surface area contributed by atoms with E-state index in [2.05, 4.69) is 25.1 Å². The predicted octanol–water partition coefficient (Wildman–Crippen LogP) is 1.30. The van der Waals surface area contributed by atoms with Crippen molar-refractivity contribution in [1.29, 1.82) is 0 Å². The minimum absolute atomic E-state index is 0.585. The van der Waals surface area contributed by atoms with Gasteiger partial charge >= 0.3 is 0 Å². The molecule has 0 amide bonds. The molecule has 2 N–H and O–H groups in total. The molecule has 7 heteroatoms. The first-order valence-corrected chi connectivity index (χ1v) is 5.24. The highest BCUT2D eigenvalue weighted by molar-refractivity contribution is 8.00. The fraction of sp³-hybridized carbons (Fsp3) is 0.250. The molecule has 2 aromatic heterocycles. The molecule has 0 radical (unpaired) electrons. The molecule has 0 atom stereocenters. The maximum atomic E-state index is 8.51. The zero-order valence-corrected chi connectivity index (χ0v) is 8.82. The Balaban J connectivity index is 2.24. The second-order valence-electron chi connectivity index (χ2n) is 2.90. The van der Waals surface area contributed by atoms with Gasteiger partial charge in [-0.2, -0.15) is 0 Å². The third kappa shape index (κ3) is 2.07. The van der Waals surface area contributed by atoms with Crippen LogP contribution in [0, 0.1) is 0 Å². The normalized spacial score (nSPS) is 12.2. The topological polar surface area (TPSA) is 87.0 Å². The summed E-state index contributed by atoms with van der Waals surface area (Å²) in [5.74, 6) is 0.585. The van der Waals surface area contributed by atoms with Gasteiger partial charge in [-0.05, 0) is 6.92 Å². The molecule has 0 aliphatic heterocycles. The van der Waals surface area contributed by atoms with Gasteiger partial charge in [0.05, 0.1) is 12.0 Å². The van der Waals surface area contributed by atoms with Gasteiger partial charge in [-0.15, -0.1) is 0 Å². The summed E-state index contributed by atoms with van der Waals surface area (Å²) >= 11 is 1.47. The minimum Gasteiger partial charge on any atom is -0.411 e. The van der Waals surface area contributed by atoms with Crippen LogP contribution >= 0.6 is 11.8 Å². The van der Waals surface area contributed by atoms with E-state index in [9.17, 15) is 0 Å². The van der Waals surface area contributed by atoms with Crippen LogP contribution in [0.2, 0.25) is 0 Å². The number of fused-ring (bicyclic) bond motifs is 1. The summed E-state index contributed by atoms with van der Waals surface area (Å²) < 4.78 is 0. The largest absolute Gasteiger partial charge is 0.411 e. The van der Waals surface area contributed by atoms with Gasteiger partial charge in [0.2, 0.25) is 0 Å². The standard InChI is InChI=1S/C8H9N5OS/c1-5(13-14)2-15-8-6-7(10-3-9-6)11-4-12-8/h3-4,14H,2H2,1H3,(H,9,10,11,12)/b13-5+. The molecule has 0 bridgehead atoms. The summed E-state index contributed by atoms with van der Waals surface area (Å²) in [6.45, 7) is 1.75. The lowest BCUT2D eigenvalue weighted by Crippen LogP contribution is -1.96. The molecule has 15 heavy (non-hydrogen) atoms. The Morgan fingerprint density at radius 1 is 1.53 bits per heavy atom. The van der Waals surface area contributed by atoms with E-state index in [0.29, 0.717) is 17.1 Å². The van der Waals surface area contributed by atoms with Crippen LogP contribution in [0.1, 0.15) is 6.92 Å². The van der Waals surface area contributed by atoms with Crippen LogP contribution in [0.25, 0.3) is 11.2 Å². The lowest BCUT2D eigenvalue weighted by Gasteiger charge is -1.99. The number of rotatable bonds is 3. The summed E-state index contributed by atoms with van der Waals surface area (Å²) in [6, 6.07) is 0. The smallest absolute Gasteiger partial charge is 0.181 e. The van der Waals surface area contributed by atoms with E-state index in [0.717, 1.165) is 10.5 Å². The zero-order chi connectivity index (χ0) is 10.7. The van der Waals surface area contributed by atoms with E-state index < -0.39 is 0 Å². The van der Waals surface area contributed by atoms with Crippen LogP contribution in [0.5, 0.6) is 0 Å². The molecule has 0 saturated heterocycles. The molecule has 2 heterocycles. The van der Waals surface area contributed by atoms with Gasteiger partial charge in [-0.25, -0.2) is 15.0 Å². The average molecular weight is 223 g/mol. The molecule has 78 valence electrons. The van der Waals surface area contributed by atoms with Crippen LogP contribution < -0.4 is 0 Å². The molecule has 0 aliphatic carbocycles.